The minimum absolute atomic E-state index is 0.124. The molecule has 0 fully saturated rings. The average molecular weight is 418 g/mol. The molecule has 0 atom stereocenters. The van der Waals surface area contributed by atoms with Gasteiger partial charge in [0.1, 0.15) is 0 Å². The Balaban J connectivity index is 2.19. The number of amides is 2. The highest BCUT2D eigenvalue weighted by Gasteiger charge is 2.16. The predicted octanol–water partition coefficient (Wildman–Crippen LogP) is 1.85. The van der Waals surface area contributed by atoms with Crippen molar-refractivity contribution in [2.75, 3.05) is 50.1 Å². The molecule has 7 heteroatoms. The monoisotopic (exact) mass is 418 g/mol. The zero-order valence-electron chi connectivity index (χ0n) is 17.7. The summed E-state index contributed by atoms with van der Waals surface area (Å²) in [6.07, 6.45) is 10.4. The van der Waals surface area contributed by atoms with Crippen molar-refractivity contribution in [2.24, 2.45) is 0 Å². The van der Waals surface area contributed by atoms with Gasteiger partial charge in [-0.3, -0.25) is 9.59 Å². The van der Waals surface area contributed by atoms with Crippen LogP contribution in [0.25, 0.3) is 0 Å². The standard InChI is InChI=1S/C24H26N4O3/c1-5-15-25-23(29)17-27(3)19-11-7-9-13-21(19)31-22-14-10-8-12-20(22)28(4)18-24(30)26-16-6-2/h1-2,7-14H,15-18H2,3-4H3,(H,25,29)(H,26,30). The molecule has 0 aliphatic carbocycles. The van der Waals surface area contributed by atoms with E-state index in [-0.39, 0.29) is 38.0 Å². The quantitative estimate of drug-likeness (QED) is 0.576. The second-order valence-corrected chi connectivity index (χ2v) is 6.71. The maximum absolute atomic E-state index is 12.0. The highest BCUT2D eigenvalue weighted by atomic mass is 16.5. The minimum Gasteiger partial charge on any atom is -0.453 e. The molecule has 2 N–H and O–H groups in total. The summed E-state index contributed by atoms with van der Waals surface area (Å²) in [5.74, 6) is 5.54. The first-order chi connectivity index (χ1) is 15.0. The van der Waals surface area contributed by atoms with Gasteiger partial charge in [-0.25, -0.2) is 0 Å². The first-order valence-corrected chi connectivity index (χ1v) is 9.64. The summed E-state index contributed by atoms with van der Waals surface area (Å²) in [5, 5.41) is 5.29. The number of benzene rings is 2. The number of terminal acetylenes is 2. The third kappa shape index (κ3) is 7.02. The van der Waals surface area contributed by atoms with Crippen molar-refractivity contribution < 1.29 is 14.3 Å². The summed E-state index contributed by atoms with van der Waals surface area (Å²) in [6.45, 7) is 0.608. The summed E-state index contributed by atoms with van der Waals surface area (Å²) in [6, 6.07) is 14.8. The number of hydrogen-bond acceptors (Lipinski definition) is 5. The highest BCUT2D eigenvalue weighted by Crippen LogP contribution is 2.36. The van der Waals surface area contributed by atoms with E-state index in [0.29, 0.717) is 11.5 Å². The summed E-state index contributed by atoms with van der Waals surface area (Å²) in [7, 11) is 3.59. The molecule has 0 radical (unpaired) electrons. The van der Waals surface area contributed by atoms with Gasteiger partial charge in [0.05, 0.1) is 37.6 Å². The molecule has 0 bridgehead atoms. The second kappa shape index (κ2) is 11.8. The van der Waals surface area contributed by atoms with E-state index in [0.717, 1.165) is 11.4 Å². The molecule has 0 aliphatic heterocycles. The Morgan fingerprint density at radius 1 is 0.806 bits per heavy atom. The molecule has 160 valence electrons. The molecule has 0 saturated heterocycles. The van der Waals surface area contributed by atoms with Gasteiger partial charge < -0.3 is 25.2 Å². The zero-order valence-corrected chi connectivity index (χ0v) is 17.7. The maximum atomic E-state index is 12.0. The van der Waals surface area contributed by atoms with Crippen molar-refractivity contribution >= 4 is 23.2 Å². The lowest BCUT2D eigenvalue weighted by atomic mass is 10.2. The van der Waals surface area contributed by atoms with Gasteiger partial charge in [0, 0.05) is 14.1 Å². The fraction of sp³-hybridized carbons (Fsp3) is 0.250. The molecule has 0 saturated carbocycles. The number of ether oxygens (including phenoxy) is 1. The Hall–Kier alpha value is -4.10. The van der Waals surface area contributed by atoms with Gasteiger partial charge in [0.2, 0.25) is 11.8 Å². The molecule has 0 aliphatic rings. The van der Waals surface area contributed by atoms with Crippen molar-refractivity contribution in [1.29, 1.82) is 0 Å². The van der Waals surface area contributed by atoms with E-state index < -0.39 is 0 Å². The molecule has 2 amide bonds. The van der Waals surface area contributed by atoms with Crippen LogP contribution in [0.1, 0.15) is 0 Å². The lowest BCUT2D eigenvalue weighted by Crippen LogP contribution is -2.35. The lowest BCUT2D eigenvalue weighted by molar-refractivity contribution is -0.120. The minimum atomic E-state index is -0.187. The van der Waals surface area contributed by atoms with Crippen LogP contribution in [0.3, 0.4) is 0 Å². The number of nitrogens with zero attached hydrogens (tertiary/aromatic N) is 2. The number of carbonyl (C=O) groups excluding carboxylic acids is 2. The molecule has 7 nitrogen and oxygen atoms in total. The molecule has 2 rings (SSSR count). The van der Waals surface area contributed by atoms with E-state index >= 15 is 0 Å². The van der Waals surface area contributed by atoms with Crippen LogP contribution >= 0.6 is 0 Å². The summed E-state index contributed by atoms with van der Waals surface area (Å²) in [5.41, 5.74) is 1.48. The molecular weight excluding hydrogens is 392 g/mol. The van der Waals surface area contributed by atoms with Gasteiger partial charge in [-0.2, -0.15) is 0 Å². The maximum Gasteiger partial charge on any atom is 0.240 e. The summed E-state index contributed by atoms with van der Waals surface area (Å²) >= 11 is 0. The number of nitrogens with one attached hydrogen (secondary N) is 2. The molecule has 31 heavy (non-hydrogen) atoms. The molecular formula is C24H26N4O3. The third-order valence-electron chi connectivity index (χ3n) is 4.31. The fourth-order valence-corrected chi connectivity index (χ4v) is 2.85. The Morgan fingerprint density at radius 2 is 1.19 bits per heavy atom. The molecule has 2 aromatic rings. The van der Waals surface area contributed by atoms with E-state index in [1.807, 2.05) is 48.5 Å². The molecule has 0 spiro atoms. The van der Waals surface area contributed by atoms with Gasteiger partial charge in [0.15, 0.2) is 11.5 Å². The van der Waals surface area contributed by atoms with Crippen molar-refractivity contribution in [3.05, 3.63) is 48.5 Å². The van der Waals surface area contributed by atoms with E-state index in [4.69, 9.17) is 17.6 Å². The first kappa shape index (κ1) is 23.2. The van der Waals surface area contributed by atoms with Crippen LogP contribution in [0.5, 0.6) is 11.5 Å². The van der Waals surface area contributed by atoms with Crippen molar-refractivity contribution in [3.63, 3.8) is 0 Å². The largest absolute Gasteiger partial charge is 0.453 e. The van der Waals surface area contributed by atoms with Crippen LogP contribution in [0.2, 0.25) is 0 Å². The number of hydrogen-bond donors (Lipinski definition) is 2. The van der Waals surface area contributed by atoms with Crippen LogP contribution in [0, 0.1) is 24.7 Å². The van der Waals surface area contributed by atoms with E-state index in [2.05, 4.69) is 22.5 Å². The Morgan fingerprint density at radius 3 is 1.58 bits per heavy atom. The number of anilines is 2. The van der Waals surface area contributed by atoms with Gasteiger partial charge in [-0.15, -0.1) is 12.8 Å². The van der Waals surface area contributed by atoms with Crippen LogP contribution in [-0.4, -0.2) is 52.1 Å². The van der Waals surface area contributed by atoms with E-state index in [1.165, 1.54) is 0 Å². The highest BCUT2D eigenvalue weighted by molar-refractivity contribution is 5.83. The van der Waals surface area contributed by atoms with Gasteiger partial charge in [0.25, 0.3) is 0 Å². The van der Waals surface area contributed by atoms with Crippen molar-refractivity contribution in [1.82, 2.24) is 10.6 Å². The molecule has 2 aromatic carbocycles. The fourth-order valence-electron chi connectivity index (χ4n) is 2.85. The topological polar surface area (TPSA) is 73.9 Å². The van der Waals surface area contributed by atoms with Crippen LogP contribution in [0.4, 0.5) is 11.4 Å². The van der Waals surface area contributed by atoms with Gasteiger partial charge in [-0.05, 0) is 24.3 Å². The van der Waals surface area contributed by atoms with Gasteiger partial charge in [-0.1, -0.05) is 36.1 Å². The van der Waals surface area contributed by atoms with E-state index in [9.17, 15) is 9.59 Å². The van der Waals surface area contributed by atoms with Crippen LogP contribution < -0.4 is 25.2 Å². The average Bonchev–Trinajstić information content (AvgIpc) is 2.76. The second-order valence-electron chi connectivity index (χ2n) is 6.71. The summed E-state index contributed by atoms with van der Waals surface area (Å²) < 4.78 is 6.20. The number of para-hydroxylation sites is 4. The third-order valence-corrected chi connectivity index (χ3v) is 4.31. The Kier molecular flexibility index (Phi) is 8.82. The number of carbonyl (C=O) groups is 2. The van der Waals surface area contributed by atoms with Gasteiger partial charge >= 0.3 is 0 Å². The van der Waals surface area contributed by atoms with Crippen molar-refractivity contribution in [3.8, 4) is 36.2 Å². The molecule has 0 heterocycles. The molecule has 0 aromatic heterocycles. The first-order valence-electron chi connectivity index (χ1n) is 9.64. The van der Waals surface area contributed by atoms with Crippen LogP contribution in [-0.2, 0) is 9.59 Å². The molecule has 0 unspecified atom stereocenters. The Bertz CT molecular complexity index is 911. The number of likely N-dealkylation sites (N-methyl/N-ethyl adjacent to an activating group) is 2. The smallest absolute Gasteiger partial charge is 0.240 e. The van der Waals surface area contributed by atoms with E-state index in [1.54, 1.807) is 23.9 Å². The predicted molar refractivity (Wildman–Crippen MR) is 123 cm³/mol. The Labute approximate surface area is 183 Å². The van der Waals surface area contributed by atoms with Crippen LogP contribution in [0.15, 0.2) is 48.5 Å². The zero-order chi connectivity index (χ0) is 22.6. The normalized spacial score (nSPS) is 9.68. The summed E-state index contributed by atoms with van der Waals surface area (Å²) in [4.78, 5) is 27.6. The van der Waals surface area contributed by atoms with Crippen molar-refractivity contribution in [2.45, 2.75) is 0 Å². The number of rotatable bonds is 10. The lowest BCUT2D eigenvalue weighted by Gasteiger charge is -2.24. The SMILES string of the molecule is C#CCNC(=O)CN(C)c1ccccc1Oc1ccccc1N(C)CC(=O)NCC#C.